The largest absolute Gasteiger partial charge is 0.465 e. The van der Waals surface area contributed by atoms with Gasteiger partial charge in [0.05, 0.1) is 6.61 Å². The molecule has 1 aliphatic heterocycles. The van der Waals surface area contributed by atoms with Gasteiger partial charge in [-0.2, -0.15) is 13.2 Å². The summed E-state index contributed by atoms with van der Waals surface area (Å²) in [6, 6.07) is 0. The monoisotopic (exact) mass is 223 g/mol. The molecule has 0 bridgehead atoms. The van der Waals surface area contributed by atoms with Crippen molar-refractivity contribution in [2.45, 2.75) is 25.6 Å². The van der Waals surface area contributed by atoms with Crippen molar-refractivity contribution in [3.63, 3.8) is 0 Å². The molecule has 2 atom stereocenters. The number of esters is 1. The summed E-state index contributed by atoms with van der Waals surface area (Å²) >= 11 is 0. The van der Waals surface area contributed by atoms with Crippen LogP contribution in [0, 0.1) is 5.92 Å². The summed E-state index contributed by atoms with van der Waals surface area (Å²) < 4.78 is 42.6. The highest BCUT2D eigenvalue weighted by atomic mass is 19.4. The van der Waals surface area contributed by atoms with Crippen LogP contribution in [0.3, 0.4) is 0 Å². The van der Waals surface area contributed by atoms with Crippen LogP contribution in [0.1, 0.15) is 13.8 Å². The van der Waals surface area contributed by atoms with E-state index < -0.39 is 23.6 Å². The lowest BCUT2D eigenvalue weighted by Gasteiger charge is -2.32. The molecule has 1 rings (SSSR count). The molecule has 0 aliphatic carbocycles. The molecule has 3 nitrogen and oxygen atoms in total. The number of carbonyl (C=O) groups is 1. The van der Waals surface area contributed by atoms with Gasteiger partial charge in [0.1, 0.15) is 11.5 Å². The number of ether oxygens (including phenoxy) is 1. The smallest absolute Gasteiger partial charge is 0.412 e. The van der Waals surface area contributed by atoms with Crippen molar-refractivity contribution in [3.05, 3.63) is 12.3 Å². The van der Waals surface area contributed by atoms with Crippen LogP contribution in [0.4, 0.5) is 13.2 Å². The van der Waals surface area contributed by atoms with E-state index in [-0.39, 0.29) is 6.61 Å². The minimum Gasteiger partial charge on any atom is -0.465 e. The molecule has 1 aliphatic rings. The number of hydrogen-bond donors (Lipinski definition) is 1. The van der Waals surface area contributed by atoms with Crippen LogP contribution in [0.15, 0.2) is 12.3 Å². The van der Waals surface area contributed by atoms with E-state index in [2.05, 4.69) is 10.1 Å². The van der Waals surface area contributed by atoms with Gasteiger partial charge in [-0.3, -0.25) is 4.79 Å². The van der Waals surface area contributed by atoms with Gasteiger partial charge in [0.2, 0.25) is 0 Å². The van der Waals surface area contributed by atoms with E-state index >= 15 is 0 Å². The predicted octanol–water partition coefficient (Wildman–Crippen LogP) is 1.60. The number of nitrogens with one attached hydrogen (secondary N) is 1. The van der Waals surface area contributed by atoms with Crippen molar-refractivity contribution in [1.29, 1.82) is 0 Å². The number of halogens is 3. The Hall–Kier alpha value is -1.20. The summed E-state index contributed by atoms with van der Waals surface area (Å²) in [5, 5.41) is 2.16. The second-order valence-electron chi connectivity index (χ2n) is 3.43. The number of carbonyl (C=O) groups excluding carboxylic acids is 1. The molecular formula is C9H12F3NO2. The molecule has 0 aromatic heterocycles. The van der Waals surface area contributed by atoms with E-state index in [1.807, 2.05) is 0 Å². The molecule has 15 heavy (non-hydrogen) atoms. The topological polar surface area (TPSA) is 38.3 Å². The lowest BCUT2D eigenvalue weighted by Crippen LogP contribution is -2.56. The molecule has 0 radical (unpaired) electrons. The number of alkyl halides is 3. The zero-order chi connectivity index (χ0) is 11.7. The molecule has 0 saturated heterocycles. The third-order valence-corrected chi connectivity index (χ3v) is 2.42. The number of rotatable bonds is 2. The first-order chi connectivity index (χ1) is 6.83. The van der Waals surface area contributed by atoms with Gasteiger partial charge in [-0.25, -0.2) is 0 Å². The van der Waals surface area contributed by atoms with E-state index in [0.29, 0.717) is 0 Å². The van der Waals surface area contributed by atoms with Crippen LogP contribution in [0.2, 0.25) is 0 Å². The Kier molecular flexibility index (Phi) is 2.97. The molecule has 6 heteroatoms. The molecule has 0 spiro atoms. The van der Waals surface area contributed by atoms with Crippen LogP contribution in [0.5, 0.6) is 0 Å². The summed E-state index contributed by atoms with van der Waals surface area (Å²) in [5.74, 6) is -2.18. The maximum Gasteiger partial charge on any atom is 0.412 e. The van der Waals surface area contributed by atoms with Gasteiger partial charge in [-0.15, -0.1) is 0 Å². The standard InChI is InChI=1S/C9H12F3NO2/c1-3-15-7(14)6-4-5-13-8(6,2)9(10,11)12/h4-6,13H,3H2,1-2H3. The zero-order valence-electron chi connectivity index (χ0n) is 8.39. The van der Waals surface area contributed by atoms with Gasteiger partial charge in [0.15, 0.2) is 0 Å². The first-order valence-corrected chi connectivity index (χ1v) is 4.50. The third-order valence-electron chi connectivity index (χ3n) is 2.42. The summed E-state index contributed by atoms with van der Waals surface area (Å²) in [4.78, 5) is 11.3. The molecule has 2 unspecified atom stereocenters. The Morgan fingerprint density at radius 3 is 2.67 bits per heavy atom. The van der Waals surface area contributed by atoms with Crippen molar-refractivity contribution < 1.29 is 22.7 Å². The third kappa shape index (κ3) is 1.93. The quantitative estimate of drug-likeness (QED) is 0.723. The van der Waals surface area contributed by atoms with Crippen LogP contribution < -0.4 is 5.32 Å². The van der Waals surface area contributed by atoms with Gasteiger partial charge in [0.25, 0.3) is 0 Å². The van der Waals surface area contributed by atoms with E-state index in [1.165, 1.54) is 6.08 Å². The highest BCUT2D eigenvalue weighted by Gasteiger charge is 2.59. The van der Waals surface area contributed by atoms with Crippen LogP contribution in [-0.2, 0) is 9.53 Å². The Balaban J connectivity index is 2.89. The van der Waals surface area contributed by atoms with Crippen molar-refractivity contribution >= 4 is 5.97 Å². The fourth-order valence-electron chi connectivity index (χ4n) is 1.40. The Labute approximate surface area is 85.3 Å². The first-order valence-electron chi connectivity index (χ1n) is 4.50. The maximum absolute atomic E-state index is 12.7. The van der Waals surface area contributed by atoms with Crippen molar-refractivity contribution in [3.8, 4) is 0 Å². The molecular weight excluding hydrogens is 211 g/mol. The highest BCUT2D eigenvalue weighted by molar-refractivity contribution is 5.77. The Morgan fingerprint density at radius 1 is 1.60 bits per heavy atom. The Morgan fingerprint density at radius 2 is 2.20 bits per heavy atom. The van der Waals surface area contributed by atoms with E-state index in [1.54, 1.807) is 6.92 Å². The van der Waals surface area contributed by atoms with Crippen LogP contribution >= 0.6 is 0 Å². The van der Waals surface area contributed by atoms with E-state index in [9.17, 15) is 18.0 Å². The zero-order valence-corrected chi connectivity index (χ0v) is 8.39. The lowest BCUT2D eigenvalue weighted by atomic mass is 9.87. The van der Waals surface area contributed by atoms with Gasteiger partial charge >= 0.3 is 12.1 Å². The van der Waals surface area contributed by atoms with Gasteiger partial charge in [-0.05, 0) is 20.0 Å². The van der Waals surface area contributed by atoms with E-state index in [4.69, 9.17) is 0 Å². The Bertz CT molecular complexity index is 288. The average Bonchev–Trinajstić information content (AvgIpc) is 2.48. The molecule has 0 saturated carbocycles. The SMILES string of the molecule is CCOC(=O)C1C=CNC1(C)C(F)(F)F. The molecule has 0 aromatic carbocycles. The second-order valence-corrected chi connectivity index (χ2v) is 3.43. The summed E-state index contributed by atoms with van der Waals surface area (Å²) in [6.07, 6.45) is -2.20. The fourth-order valence-corrected chi connectivity index (χ4v) is 1.40. The molecule has 0 fully saturated rings. The van der Waals surface area contributed by atoms with Crippen LogP contribution in [0.25, 0.3) is 0 Å². The summed E-state index contributed by atoms with van der Waals surface area (Å²) in [5.41, 5.74) is -2.26. The summed E-state index contributed by atoms with van der Waals surface area (Å²) in [7, 11) is 0. The minimum absolute atomic E-state index is 0.0666. The van der Waals surface area contributed by atoms with Gasteiger partial charge in [-0.1, -0.05) is 6.08 Å². The van der Waals surface area contributed by atoms with Crippen molar-refractivity contribution in [2.75, 3.05) is 6.61 Å². The molecule has 0 amide bonds. The maximum atomic E-state index is 12.7. The van der Waals surface area contributed by atoms with Gasteiger partial charge in [0, 0.05) is 0 Å². The molecule has 86 valence electrons. The molecule has 0 aromatic rings. The average molecular weight is 223 g/mol. The first kappa shape index (κ1) is 11.9. The van der Waals surface area contributed by atoms with E-state index in [0.717, 1.165) is 13.1 Å². The minimum atomic E-state index is -4.51. The number of hydrogen-bond acceptors (Lipinski definition) is 3. The van der Waals surface area contributed by atoms with Crippen molar-refractivity contribution in [2.24, 2.45) is 5.92 Å². The predicted molar refractivity (Wildman–Crippen MR) is 46.9 cm³/mol. The van der Waals surface area contributed by atoms with Crippen molar-refractivity contribution in [1.82, 2.24) is 5.32 Å². The van der Waals surface area contributed by atoms with Crippen LogP contribution in [-0.4, -0.2) is 24.3 Å². The van der Waals surface area contributed by atoms with Gasteiger partial charge < -0.3 is 10.1 Å². The highest BCUT2D eigenvalue weighted by Crippen LogP contribution is 2.39. The molecule has 1 N–H and O–H groups in total. The summed E-state index contributed by atoms with van der Waals surface area (Å²) in [6.45, 7) is 2.56. The fraction of sp³-hybridized carbons (Fsp3) is 0.667. The molecule has 1 heterocycles. The normalized spacial score (nSPS) is 30.1. The second kappa shape index (κ2) is 3.75. The lowest BCUT2D eigenvalue weighted by molar-refractivity contribution is -0.203.